The summed E-state index contributed by atoms with van der Waals surface area (Å²) in [4.78, 5) is 0. The summed E-state index contributed by atoms with van der Waals surface area (Å²) < 4.78 is 6.14. The van der Waals surface area contributed by atoms with Crippen molar-refractivity contribution in [3.63, 3.8) is 0 Å². The van der Waals surface area contributed by atoms with Crippen LogP contribution in [0.4, 0.5) is 5.69 Å². The van der Waals surface area contributed by atoms with Crippen molar-refractivity contribution >= 4 is 22.9 Å². The van der Waals surface area contributed by atoms with E-state index in [0.717, 1.165) is 34.7 Å². The third-order valence-electron chi connectivity index (χ3n) is 4.09. The van der Waals surface area contributed by atoms with Gasteiger partial charge in [0.1, 0.15) is 11.4 Å². The quantitative estimate of drug-likeness (QED) is 0.829. The van der Waals surface area contributed by atoms with E-state index in [1.54, 1.807) is 0 Å². The molecule has 122 valence electrons. The molecule has 0 radical (unpaired) electrons. The van der Waals surface area contributed by atoms with Crippen LogP contribution in [0, 0.1) is 11.3 Å². The first-order chi connectivity index (χ1) is 11.5. The van der Waals surface area contributed by atoms with E-state index in [1.807, 2.05) is 56.3 Å². The first-order valence-corrected chi connectivity index (χ1v) is 8.32. The number of fused-ring (bicyclic) bond motifs is 1. The second kappa shape index (κ2) is 6.22. The minimum atomic E-state index is -0.693. The van der Waals surface area contributed by atoms with Gasteiger partial charge < -0.3 is 10.1 Å². The van der Waals surface area contributed by atoms with Crippen molar-refractivity contribution < 1.29 is 4.74 Å². The average molecular weight is 339 g/mol. The normalized spacial score (nSPS) is 15.3. The minimum absolute atomic E-state index is 0.619. The Hall–Kier alpha value is -2.44. The molecule has 0 saturated heterocycles. The SMILES string of the molecule is CCNc1ccc2c(c1)OC(C)(C)C(C#N)=C2c1ccc(Cl)cc1. The molecule has 0 fully saturated rings. The van der Waals surface area contributed by atoms with Crippen LogP contribution in [0.25, 0.3) is 5.57 Å². The molecule has 24 heavy (non-hydrogen) atoms. The topological polar surface area (TPSA) is 45.0 Å². The number of hydrogen-bond acceptors (Lipinski definition) is 3. The Bertz CT molecular complexity index is 845. The fourth-order valence-electron chi connectivity index (χ4n) is 3.00. The molecule has 0 atom stereocenters. The molecule has 1 aliphatic rings. The van der Waals surface area contributed by atoms with Gasteiger partial charge in [-0.2, -0.15) is 5.26 Å². The number of nitrogens with zero attached hydrogens (tertiary/aromatic N) is 1. The molecule has 0 spiro atoms. The van der Waals surface area contributed by atoms with Crippen LogP contribution in [0.1, 0.15) is 31.9 Å². The molecule has 0 saturated carbocycles. The zero-order chi connectivity index (χ0) is 17.3. The molecule has 1 N–H and O–H groups in total. The van der Waals surface area contributed by atoms with Crippen molar-refractivity contribution in [3.8, 4) is 11.8 Å². The molecule has 0 amide bonds. The van der Waals surface area contributed by atoms with E-state index in [0.29, 0.717) is 10.6 Å². The van der Waals surface area contributed by atoms with Gasteiger partial charge in [0.05, 0.1) is 11.6 Å². The second-order valence-corrected chi connectivity index (χ2v) is 6.66. The lowest BCUT2D eigenvalue weighted by Gasteiger charge is -2.34. The highest BCUT2D eigenvalue weighted by molar-refractivity contribution is 6.30. The molecule has 1 aliphatic heterocycles. The van der Waals surface area contributed by atoms with Gasteiger partial charge in [-0.3, -0.25) is 0 Å². The number of rotatable bonds is 3. The van der Waals surface area contributed by atoms with Gasteiger partial charge in [-0.15, -0.1) is 0 Å². The Kier molecular flexibility index (Phi) is 4.26. The highest BCUT2D eigenvalue weighted by Gasteiger charge is 2.35. The molecule has 3 nitrogen and oxygen atoms in total. The van der Waals surface area contributed by atoms with Crippen molar-refractivity contribution in [1.82, 2.24) is 0 Å². The first kappa shape index (κ1) is 16.4. The van der Waals surface area contributed by atoms with Crippen molar-refractivity contribution in [2.45, 2.75) is 26.4 Å². The number of halogens is 1. The number of ether oxygens (including phenoxy) is 1. The zero-order valence-corrected chi connectivity index (χ0v) is 14.7. The standard InChI is InChI=1S/C20H19ClN2O/c1-4-23-15-9-10-16-18(11-15)24-20(2,3)17(12-22)19(16)13-5-7-14(21)8-6-13/h5-11,23H,4H2,1-3H3. The highest BCUT2D eigenvalue weighted by Crippen LogP contribution is 2.44. The molecule has 0 bridgehead atoms. The minimum Gasteiger partial charge on any atom is -0.482 e. The molecular formula is C20H19ClN2O. The Morgan fingerprint density at radius 2 is 1.88 bits per heavy atom. The predicted octanol–water partition coefficient (Wildman–Crippen LogP) is 5.27. The van der Waals surface area contributed by atoms with Gasteiger partial charge in [-0.05, 0) is 50.6 Å². The van der Waals surface area contributed by atoms with Crippen LogP contribution in [0.3, 0.4) is 0 Å². The molecule has 1 heterocycles. The average Bonchev–Trinajstić information content (AvgIpc) is 2.54. The van der Waals surface area contributed by atoms with E-state index in [9.17, 15) is 5.26 Å². The van der Waals surface area contributed by atoms with Crippen LogP contribution in [-0.4, -0.2) is 12.1 Å². The lowest BCUT2D eigenvalue weighted by molar-refractivity contribution is 0.149. The molecule has 0 aromatic heterocycles. The van der Waals surface area contributed by atoms with E-state index in [2.05, 4.69) is 18.3 Å². The van der Waals surface area contributed by atoms with Crippen molar-refractivity contribution in [3.05, 3.63) is 64.2 Å². The summed E-state index contributed by atoms with van der Waals surface area (Å²) in [6, 6.07) is 15.9. The van der Waals surface area contributed by atoms with Gasteiger partial charge in [-0.1, -0.05) is 23.7 Å². The Morgan fingerprint density at radius 1 is 1.17 bits per heavy atom. The van der Waals surface area contributed by atoms with Crippen molar-refractivity contribution in [2.24, 2.45) is 0 Å². The second-order valence-electron chi connectivity index (χ2n) is 6.22. The van der Waals surface area contributed by atoms with E-state index >= 15 is 0 Å². The van der Waals surface area contributed by atoms with E-state index in [4.69, 9.17) is 16.3 Å². The Morgan fingerprint density at radius 3 is 2.50 bits per heavy atom. The van der Waals surface area contributed by atoms with Crippen molar-refractivity contribution in [1.29, 1.82) is 5.26 Å². The first-order valence-electron chi connectivity index (χ1n) is 7.94. The van der Waals surface area contributed by atoms with Crippen LogP contribution in [0.15, 0.2) is 48.0 Å². The fraction of sp³-hybridized carbons (Fsp3) is 0.250. The number of hydrogen-bond donors (Lipinski definition) is 1. The van der Waals surface area contributed by atoms with Crippen LogP contribution in [-0.2, 0) is 0 Å². The third-order valence-corrected chi connectivity index (χ3v) is 4.35. The maximum Gasteiger partial charge on any atom is 0.139 e. The van der Waals surface area contributed by atoms with Crippen LogP contribution in [0.2, 0.25) is 5.02 Å². The highest BCUT2D eigenvalue weighted by atomic mass is 35.5. The lowest BCUT2D eigenvalue weighted by Crippen LogP contribution is -2.34. The summed E-state index contributed by atoms with van der Waals surface area (Å²) in [6.45, 7) is 6.73. The molecule has 2 aromatic rings. The molecular weight excluding hydrogens is 320 g/mol. The maximum absolute atomic E-state index is 9.75. The number of benzene rings is 2. The largest absolute Gasteiger partial charge is 0.482 e. The van der Waals surface area contributed by atoms with Crippen LogP contribution < -0.4 is 10.1 Å². The lowest BCUT2D eigenvalue weighted by atomic mass is 9.83. The van der Waals surface area contributed by atoms with Crippen molar-refractivity contribution in [2.75, 3.05) is 11.9 Å². The number of nitriles is 1. The molecule has 3 rings (SSSR count). The monoisotopic (exact) mass is 338 g/mol. The summed E-state index contributed by atoms with van der Waals surface area (Å²) in [6.07, 6.45) is 0. The van der Waals surface area contributed by atoms with Gasteiger partial charge >= 0.3 is 0 Å². The third kappa shape index (κ3) is 2.86. The Labute approximate surface area is 147 Å². The number of anilines is 1. The Balaban J connectivity index is 2.24. The molecule has 0 aliphatic carbocycles. The van der Waals surface area contributed by atoms with Gasteiger partial charge in [0, 0.05) is 34.5 Å². The molecule has 4 heteroatoms. The number of nitrogens with one attached hydrogen (secondary N) is 1. The summed E-state index contributed by atoms with van der Waals surface area (Å²) in [5, 5.41) is 13.7. The van der Waals surface area contributed by atoms with Crippen LogP contribution in [0.5, 0.6) is 5.75 Å². The van der Waals surface area contributed by atoms with Gasteiger partial charge in [0.2, 0.25) is 0 Å². The van der Waals surface area contributed by atoms with E-state index in [-0.39, 0.29) is 0 Å². The van der Waals surface area contributed by atoms with Gasteiger partial charge in [0.15, 0.2) is 0 Å². The van der Waals surface area contributed by atoms with E-state index in [1.165, 1.54) is 0 Å². The maximum atomic E-state index is 9.75. The van der Waals surface area contributed by atoms with E-state index < -0.39 is 5.60 Å². The molecule has 0 unspecified atom stereocenters. The van der Waals surface area contributed by atoms with Crippen LogP contribution >= 0.6 is 11.6 Å². The van der Waals surface area contributed by atoms with Gasteiger partial charge in [-0.25, -0.2) is 0 Å². The van der Waals surface area contributed by atoms with Gasteiger partial charge in [0.25, 0.3) is 0 Å². The summed E-state index contributed by atoms with van der Waals surface area (Å²) in [5.41, 5.74) is 3.72. The smallest absolute Gasteiger partial charge is 0.139 e. The summed E-state index contributed by atoms with van der Waals surface area (Å²) in [7, 11) is 0. The summed E-state index contributed by atoms with van der Waals surface area (Å²) >= 11 is 6.02. The fourth-order valence-corrected chi connectivity index (χ4v) is 3.12. The molecule has 2 aromatic carbocycles. The zero-order valence-electron chi connectivity index (χ0n) is 14.0. The summed E-state index contributed by atoms with van der Waals surface area (Å²) in [5.74, 6) is 0.780. The predicted molar refractivity (Wildman–Crippen MR) is 98.4 cm³/mol.